The molecule has 1 heterocycles. The molecule has 0 aliphatic rings. The fraction of sp³-hybridized carbons (Fsp3) is 0.333. The molecular weight excluding hydrogens is 242 g/mol. The second kappa shape index (κ2) is 4.53. The van der Waals surface area contributed by atoms with E-state index in [4.69, 9.17) is 9.63 Å². The second-order valence-corrected chi connectivity index (χ2v) is 5.65. The summed E-state index contributed by atoms with van der Waals surface area (Å²) in [7, 11) is 0. The summed E-state index contributed by atoms with van der Waals surface area (Å²) in [6, 6.07) is 6.00. The number of aromatic nitrogens is 1. The van der Waals surface area contributed by atoms with Crippen molar-refractivity contribution in [3.8, 4) is 11.3 Å². The van der Waals surface area contributed by atoms with E-state index in [0.717, 1.165) is 16.7 Å². The van der Waals surface area contributed by atoms with Crippen LogP contribution >= 0.6 is 0 Å². The molecule has 0 bridgehead atoms. The molecule has 0 fully saturated rings. The van der Waals surface area contributed by atoms with Gasteiger partial charge >= 0.3 is 5.97 Å². The topological polar surface area (TPSA) is 63.3 Å². The number of carboxylic acid groups (broad SMARTS) is 1. The first-order chi connectivity index (χ1) is 8.80. The number of hydrogen-bond acceptors (Lipinski definition) is 3. The molecule has 4 nitrogen and oxygen atoms in total. The maximum absolute atomic E-state index is 11.1. The third-order valence-corrected chi connectivity index (χ3v) is 3.15. The largest absolute Gasteiger partial charge is 0.477 e. The van der Waals surface area contributed by atoms with Crippen molar-refractivity contribution in [2.24, 2.45) is 0 Å². The Morgan fingerprint density at radius 3 is 2.58 bits per heavy atom. The Morgan fingerprint density at radius 2 is 2.00 bits per heavy atom. The summed E-state index contributed by atoms with van der Waals surface area (Å²) in [6.45, 7) is 8.26. The fourth-order valence-electron chi connectivity index (χ4n) is 1.92. The van der Waals surface area contributed by atoms with Crippen LogP contribution in [0.15, 0.2) is 28.9 Å². The van der Waals surface area contributed by atoms with Crippen molar-refractivity contribution in [2.45, 2.75) is 33.1 Å². The number of carboxylic acids is 1. The van der Waals surface area contributed by atoms with Gasteiger partial charge in [-0.05, 0) is 29.5 Å². The van der Waals surface area contributed by atoms with Gasteiger partial charge in [-0.2, -0.15) is 0 Å². The highest BCUT2D eigenvalue weighted by Gasteiger charge is 2.21. The fourth-order valence-corrected chi connectivity index (χ4v) is 1.92. The number of rotatable bonds is 2. The zero-order valence-corrected chi connectivity index (χ0v) is 11.5. The normalized spacial score (nSPS) is 11.6. The SMILES string of the molecule is Cc1ccc(C(C)(C)C)cc1-c1oncc1C(=O)O. The van der Waals surface area contributed by atoms with E-state index >= 15 is 0 Å². The van der Waals surface area contributed by atoms with Crippen molar-refractivity contribution in [3.63, 3.8) is 0 Å². The van der Waals surface area contributed by atoms with Gasteiger partial charge < -0.3 is 9.63 Å². The van der Waals surface area contributed by atoms with Gasteiger partial charge in [-0.3, -0.25) is 0 Å². The van der Waals surface area contributed by atoms with E-state index in [0.29, 0.717) is 5.76 Å². The van der Waals surface area contributed by atoms with E-state index in [-0.39, 0.29) is 11.0 Å². The van der Waals surface area contributed by atoms with Gasteiger partial charge in [0, 0.05) is 5.56 Å². The predicted octanol–water partition coefficient (Wildman–Crippen LogP) is 3.65. The first kappa shape index (κ1) is 13.3. The quantitative estimate of drug-likeness (QED) is 0.894. The molecule has 0 unspecified atom stereocenters. The standard InChI is InChI=1S/C15H17NO3/c1-9-5-6-10(15(2,3)4)7-11(9)13-12(14(17)18)8-16-19-13/h5-8H,1-4H3,(H,17,18). The van der Waals surface area contributed by atoms with E-state index < -0.39 is 5.97 Å². The maximum atomic E-state index is 11.1. The molecule has 2 rings (SSSR count). The van der Waals surface area contributed by atoms with Crippen LogP contribution in [0.1, 0.15) is 42.3 Å². The molecular formula is C15H17NO3. The van der Waals surface area contributed by atoms with Crippen LogP contribution in [-0.4, -0.2) is 16.2 Å². The van der Waals surface area contributed by atoms with Gasteiger partial charge in [0.1, 0.15) is 5.56 Å². The molecule has 1 N–H and O–H groups in total. The van der Waals surface area contributed by atoms with Crippen LogP contribution in [0.3, 0.4) is 0 Å². The first-order valence-electron chi connectivity index (χ1n) is 6.10. The molecule has 0 saturated carbocycles. The Hall–Kier alpha value is -2.10. The van der Waals surface area contributed by atoms with Gasteiger partial charge in [-0.25, -0.2) is 4.79 Å². The summed E-state index contributed by atoms with van der Waals surface area (Å²) in [6.07, 6.45) is 1.24. The zero-order chi connectivity index (χ0) is 14.2. The second-order valence-electron chi connectivity index (χ2n) is 5.65. The molecule has 0 aliphatic heterocycles. The van der Waals surface area contributed by atoms with Crippen molar-refractivity contribution in [1.29, 1.82) is 0 Å². The minimum absolute atomic E-state index is 0.00808. The smallest absolute Gasteiger partial charge is 0.341 e. The van der Waals surface area contributed by atoms with Gasteiger partial charge in [-0.15, -0.1) is 0 Å². The van der Waals surface area contributed by atoms with E-state index in [9.17, 15) is 4.79 Å². The van der Waals surface area contributed by atoms with Gasteiger partial charge in [-0.1, -0.05) is 38.1 Å². The third kappa shape index (κ3) is 2.52. The summed E-state index contributed by atoms with van der Waals surface area (Å²) in [5.41, 5.74) is 2.95. The van der Waals surface area contributed by atoms with Crippen LogP contribution in [0.25, 0.3) is 11.3 Å². The molecule has 0 radical (unpaired) electrons. The van der Waals surface area contributed by atoms with Crippen LogP contribution in [0.5, 0.6) is 0 Å². The highest BCUT2D eigenvalue weighted by atomic mass is 16.5. The van der Waals surface area contributed by atoms with Crippen LogP contribution in [0.2, 0.25) is 0 Å². The first-order valence-corrected chi connectivity index (χ1v) is 6.10. The average Bonchev–Trinajstić information content (AvgIpc) is 2.76. The monoisotopic (exact) mass is 259 g/mol. The van der Waals surface area contributed by atoms with Crippen LogP contribution in [-0.2, 0) is 5.41 Å². The molecule has 0 saturated heterocycles. The lowest BCUT2D eigenvalue weighted by molar-refractivity contribution is 0.0697. The molecule has 1 aromatic carbocycles. The van der Waals surface area contributed by atoms with Crippen LogP contribution in [0.4, 0.5) is 0 Å². The van der Waals surface area contributed by atoms with Crippen LogP contribution in [0, 0.1) is 6.92 Å². The van der Waals surface area contributed by atoms with Crippen molar-refractivity contribution in [2.75, 3.05) is 0 Å². The van der Waals surface area contributed by atoms with Crippen molar-refractivity contribution >= 4 is 5.97 Å². The molecule has 1 aromatic heterocycles. The molecule has 4 heteroatoms. The Kier molecular flexibility index (Phi) is 3.18. The molecule has 0 aliphatic carbocycles. The lowest BCUT2D eigenvalue weighted by Crippen LogP contribution is -2.11. The zero-order valence-electron chi connectivity index (χ0n) is 11.5. The highest BCUT2D eigenvalue weighted by molar-refractivity contribution is 5.94. The molecule has 0 atom stereocenters. The predicted molar refractivity (Wildman–Crippen MR) is 72.3 cm³/mol. The summed E-state index contributed by atoms with van der Waals surface area (Å²) in [5.74, 6) is -0.715. The summed E-state index contributed by atoms with van der Waals surface area (Å²) < 4.78 is 5.13. The van der Waals surface area contributed by atoms with Crippen LogP contribution < -0.4 is 0 Å². The van der Waals surface area contributed by atoms with Crippen molar-refractivity contribution in [1.82, 2.24) is 5.16 Å². The Bertz CT molecular complexity index is 621. The summed E-state index contributed by atoms with van der Waals surface area (Å²) >= 11 is 0. The van der Waals surface area contributed by atoms with E-state index in [1.807, 2.05) is 19.1 Å². The van der Waals surface area contributed by atoms with E-state index in [1.54, 1.807) is 0 Å². The molecule has 0 spiro atoms. The Labute approximate surface area is 112 Å². The van der Waals surface area contributed by atoms with Crippen molar-refractivity contribution < 1.29 is 14.4 Å². The minimum Gasteiger partial charge on any atom is -0.477 e. The minimum atomic E-state index is -1.03. The number of hydrogen-bond donors (Lipinski definition) is 1. The molecule has 100 valence electrons. The summed E-state index contributed by atoms with van der Waals surface area (Å²) in [4.78, 5) is 11.1. The van der Waals surface area contributed by atoms with Gasteiger partial charge in [0.15, 0.2) is 5.76 Å². The van der Waals surface area contributed by atoms with E-state index in [2.05, 4.69) is 32.0 Å². The van der Waals surface area contributed by atoms with E-state index in [1.165, 1.54) is 6.20 Å². The lowest BCUT2D eigenvalue weighted by atomic mass is 9.85. The summed E-state index contributed by atoms with van der Waals surface area (Å²) in [5, 5.41) is 12.7. The number of carbonyl (C=O) groups is 1. The molecule has 19 heavy (non-hydrogen) atoms. The number of aryl methyl sites for hydroxylation is 1. The maximum Gasteiger partial charge on any atom is 0.341 e. The Balaban J connectivity index is 2.62. The highest BCUT2D eigenvalue weighted by Crippen LogP contribution is 2.31. The number of aromatic carboxylic acids is 1. The molecule has 2 aromatic rings. The Morgan fingerprint density at radius 1 is 1.32 bits per heavy atom. The number of nitrogens with zero attached hydrogens (tertiary/aromatic N) is 1. The lowest BCUT2D eigenvalue weighted by Gasteiger charge is -2.20. The molecule has 0 amide bonds. The van der Waals surface area contributed by atoms with Gasteiger partial charge in [0.25, 0.3) is 0 Å². The van der Waals surface area contributed by atoms with Gasteiger partial charge in [0.2, 0.25) is 0 Å². The third-order valence-electron chi connectivity index (χ3n) is 3.15. The van der Waals surface area contributed by atoms with Gasteiger partial charge in [0.05, 0.1) is 6.20 Å². The number of benzene rings is 1. The average molecular weight is 259 g/mol. The van der Waals surface area contributed by atoms with Crippen molar-refractivity contribution in [3.05, 3.63) is 41.1 Å².